The minimum atomic E-state index is -0.799. The van der Waals surface area contributed by atoms with Crippen LogP contribution in [0, 0.1) is 0 Å². The first-order valence-electron chi connectivity index (χ1n) is 31.3. The molecule has 72 heavy (non-hydrogen) atoms. The van der Waals surface area contributed by atoms with E-state index in [-0.39, 0.29) is 37.5 Å². The van der Waals surface area contributed by atoms with Crippen molar-refractivity contribution in [2.75, 3.05) is 13.2 Å². The largest absolute Gasteiger partial charge is 0.462 e. The molecule has 0 spiro atoms. The van der Waals surface area contributed by atoms with Gasteiger partial charge in [0.25, 0.3) is 0 Å². The molecule has 6 heteroatoms. The minimum absolute atomic E-state index is 0.0936. The molecule has 418 valence electrons. The van der Waals surface area contributed by atoms with Crippen molar-refractivity contribution in [3.63, 3.8) is 0 Å². The van der Waals surface area contributed by atoms with Gasteiger partial charge in [0.2, 0.25) is 0 Å². The van der Waals surface area contributed by atoms with Crippen molar-refractivity contribution in [2.45, 2.75) is 329 Å². The topological polar surface area (TPSA) is 78.9 Å². The molecule has 0 saturated heterocycles. The van der Waals surface area contributed by atoms with Gasteiger partial charge in [0, 0.05) is 19.3 Å². The molecule has 0 aliphatic carbocycles. The van der Waals surface area contributed by atoms with Gasteiger partial charge in [-0.2, -0.15) is 0 Å². The summed E-state index contributed by atoms with van der Waals surface area (Å²) in [4.78, 5) is 37.9. The molecule has 0 fully saturated rings. The highest BCUT2D eigenvalue weighted by molar-refractivity contribution is 5.71. The molecule has 0 bridgehead atoms. The number of allylic oxidation sites excluding steroid dienone is 10. The maximum Gasteiger partial charge on any atom is 0.306 e. The number of carbonyl (C=O) groups excluding carboxylic acids is 3. The summed E-state index contributed by atoms with van der Waals surface area (Å²) in [5.74, 6) is -0.947. The fraction of sp³-hybridized carbons (Fsp3) is 0.803. The lowest BCUT2D eigenvalue weighted by atomic mass is 10.0. The van der Waals surface area contributed by atoms with E-state index in [1.165, 1.54) is 199 Å². The van der Waals surface area contributed by atoms with Gasteiger partial charge in [0.15, 0.2) is 6.10 Å². The zero-order chi connectivity index (χ0) is 52.2. The fourth-order valence-electron chi connectivity index (χ4n) is 9.13. The molecule has 1 unspecified atom stereocenters. The normalized spacial score (nSPS) is 12.4. The standard InChI is InChI=1S/C66H118O6/c1-4-7-10-13-16-18-20-22-24-26-27-28-29-30-31-32-33-34-35-36-37-38-40-41-43-45-47-50-53-56-59-65(68)71-62-63(61-70-64(67)58-55-52-49-15-12-9-6-3)72-66(69)60-57-54-51-48-46-44-42-39-25-23-21-19-17-14-11-8-5-2/h8,11,17,19,23,25,42,44,48,51,63H,4-7,9-10,12-16,18,20-22,24,26-41,43,45-47,49-50,52-62H2,1-3H3/b11-8-,19-17-,25-23-,44-42-,51-48-. The molecule has 0 aromatic heterocycles. The van der Waals surface area contributed by atoms with Gasteiger partial charge in [-0.1, -0.05) is 306 Å². The molecule has 0 heterocycles. The minimum Gasteiger partial charge on any atom is -0.462 e. The zero-order valence-corrected chi connectivity index (χ0v) is 47.9. The number of hydrogen-bond donors (Lipinski definition) is 0. The van der Waals surface area contributed by atoms with Gasteiger partial charge in [-0.25, -0.2) is 0 Å². The van der Waals surface area contributed by atoms with Gasteiger partial charge in [-0.15, -0.1) is 0 Å². The van der Waals surface area contributed by atoms with Gasteiger partial charge in [-0.05, 0) is 57.8 Å². The predicted molar refractivity (Wildman–Crippen MR) is 312 cm³/mol. The number of ether oxygens (including phenoxy) is 3. The lowest BCUT2D eigenvalue weighted by molar-refractivity contribution is -0.167. The number of carbonyl (C=O) groups is 3. The Balaban J connectivity index is 4.06. The van der Waals surface area contributed by atoms with Crippen molar-refractivity contribution in [2.24, 2.45) is 0 Å². The van der Waals surface area contributed by atoms with Crippen molar-refractivity contribution in [3.8, 4) is 0 Å². The maximum absolute atomic E-state index is 12.8. The molecule has 0 N–H and O–H groups in total. The molecule has 0 aliphatic heterocycles. The highest BCUT2D eigenvalue weighted by Crippen LogP contribution is 2.18. The Labute approximate surface area is 447 Å². The van der Waals surface area contributed by atoms with Gasteiger partial charge in [0.05, 0.1) is 0 Å². The highest BCUT2D eigenvalue weighted by atomic mass is 16.6. The van der Waals surface area contributed by atoms with Crippen LogP contribution in [0.5, 0.6) is 0 Å². The summed E-state index contributed by atoms with van der Waals surface area (Å²) in [6.45, 7) is 6.47. The molecule has 0 aromatic rings. The van der Waals surface area contributed by atoms with Crippen LogP contribution in [0.4, 0.5) is 0 Å². The predicted octanol–water partition coefficient (Wildman–Crippen LogP) is 21.2. The molecule has 0 saturated carbocycles. The number of rotatable bonds is 57. The summed E-state index contributed by atoms with van der Waals surface area (Å²) in [6, 6.07) is 0. The Morgan fingerprint density at radius 1 is 0.292 bits per heavy atom. The molecule has 0 rings (SSSR count). The van der Waals surface area contributed by atoms with Crippen molar-refractivity contribution in [3.05, 3.63) is 60.8 Å². The van der Waals surface area contributed by atoms with Gasteiger partial charge >= 0.3 is 17.9 Å². The van der Waals surface area contributed by atoms with Gasteiger partial charge < -0.3 is 14.2 Å². The summed E-state index contributed by atoms with van der Waals surface area (Å²) in [7, 11) is 0. The molecule has 0 amide bonds. The second-order valence-corrected chi connectivity index (χ2v) is 21.0. The number of unbranched alkanes of at least 4 members (excludes halogenated alkanes) is 36. The lowest BCUT2D eigenvalue weighted by Crippen LogP contribution is -2.30. The third-order valence-electron chi connectivity index (χ3n) is 13.8. The SMILES string of the molecule is CC/C=C\C/C=C\C/C=C\C/C=C\C/C=C\CCCC(=O)OC(COC(=O)CCCCCCCCC)COC(=O)CCCCCCCCCCCCCCCCCCCCCCCCCCCCCCCC. The molecule has 1 atom stereocenters. The van der Waals surface area contributed by atoms with E-state index < -0.39 is 6.10 Å². The second-order valence-electron chi connectivity index (χ2n) is 21.0. The average molecular weight is 1010 g/mol. The zero-order valence-electron chi connectivity index (χ0n) is 47.9. The van der Waals surface area contributed by atoms with E-state index in [1.807, 2.05) is 0 Å². The van der Waals surface area contributed by atoms with Crippen LogP contribution in [0.2, 0.25) is 0 Å². The Bertz CT molecular complexity index is 1290. The van der Waals surface area contributed by atoms with Crippen LogP contribution in [0.25, 0.3) is 0 Å². The van der Waals surface area contributed by atoms with E-state index in [9.17, 15) is 14.4 Å². The Kier molecular flexibility index (Phi) is 58.2. The monoisotopic (exact) mass is 1010 g/mol. The lowest BCUT2D eigenvalue weighted by Gasteiger charge is -2.18. The fourth-order valence-corrected chi connectivity index (χ4v) is 9.13. The van der Waals surface area contributed by atoms with Crippen molar-refractivity contribution in [1.29, 1.82) is 0 Å². The van der Waals surface area contributed by atoms with Crippen LogP contribution in [0.15, 0.2) is 60.8 Å². The van der Waals surface area contributed by atoms with Gasteiger partial charge in [0.1, 0.15) is 13.2 Å². The van der Waals surface area contributed by atoms with Crippen LogP contribution >= 0.6 is 0 Å². The summed E-state index contributed by atoms with van der Waals surface area (Å²) in [5.41, 5.74) is 0. The van der Waals surface area contributed by atoms with Gasteiger partial charge in [-0.3, -0.25) is 14.4 Å². The molecular formula is C66H118O6. The van der Waals surface area contributed by atoms with Crippen LogP contribution < -0.4 is 0 Å². The summed E-state index contributed by atoms with van der Waals surface area (Å²) < 4.78 is 16.7. The van der Waals surface area contributed by atoms with E-state index in [0.29, 0.717) is 19.3 Å². The van der Waals surface area contributed by atoms with E-state index >= 15 is 0 Å². The second kappa shape index (κ2) is 60.7. The third kappa shape index (κ3) is 58.0. The first kappa shape index (κ1) is 69.1. The van der Waals surface area contributed by atoms with Crippen molar-refractivity contribution >= 4 is 17.9 Å². The van der Waals surface area contributed by atoms with E-state index in [0.717, 1.165) is 77.0 Å². The van der Waals surface area contributed by atoms with Crippen molar-refractivity contribution < 1.29 is 28.6 Å². The summed E-state index contributed by atoms with van der Waals surface area (Å²) in [5, 5.41) is 0. The van der Waals surface area contributed by atoms with Crippen LogP contribution in [0.1, 0.15) is 323 Å². The van der Waals surface area contributed by atoms with E-state index in [1.54, 1.807) is 0 Å². The molecule has 0 aromatic carbocycles. The van der Waals surface area contributed by atoms with Crippen LogP contribution in [-0.4, -0.2) is 37.2 Å². The molecule has 0 radical (unpaired) electrons. The molecule has 0 aliphatic rings. The summed E-state index contributed by atoms with van der Waals surface area (Å²) in [6.07, 6.45) is 77.1. The van der Waals surface area contributed by atoms with Crippen molar-refractivity contribution in [1.82, 2.24) is 0 Å². The molecule has 6 nitrogen and oxygen atoms in total. The Morgan fingerprint density at radius 3 is 0.833 bits per heavy atom. The first-order chi connectivity index (χ1) is 35.5. The average Bonchev–Trinajstić information content (AvgIpc) is 3.38. The number of hydrogen-bond acceptors (Lipinski definition) is 6. The number of esters is 3. The van der Waals surface area contributed by atoms with E-state index in [4.69, 9.17) is 14.2 Å². The Hall–Kier alpha value is -2.89. The van der Waals surface area contributed by atoms with Crippen LogP contribution in [-0.2, 0) is 28.6 Å². The third-order valence-corrected chi connectivity index (χ3v) is 13.8. The first-order valence-corrected chi connectivity index (χ1v) is 31.3. The quantitative estimate of drug-likeness (QED) is 0.0261. The van der Waals surface area contributed by atoms with E-state index in [2.05, 4.69) is 81.5 Å². The summed E-state index contributed by atoms with van der Waals surface area (Å²) >= 11 is 0. The maximum atomic E-state index is 12.8. The molecular weight excluding hydrogens is 889 g/mol. The van der Waals surface area contributed by atoms with Crippen LogP contribution in [0.3, 0.4) is 0 Å². The highest BCUT2D eigenvalue weighted by Gasteiger charge is 2.19. The Morgan fingerprint density at radius 2 is 0.542 bits per heavy atom. The smallest absolute Gasteiger partial charge is 0.306 e.